The highest BCUT2D eigenvalue weighted by molar-refractivity contribution is 7.99. The first-order chi connectivity index (χ1) is 12.7. The highest BCUT2D eigenvalue weighted by Gasteiger charge is 2.22. The molecule has 1 aromatic heterocycles. The molecular formula is C18H23N5O2S. The van der Waals surface area contributed by atoms with Crippen molar-refractivity contribution in [2.75, 3.05) is 12.3 Å². The number of benzene rings is 1. The summed E-state index contributed by atoms with van der Waals surface area (Å²) in [7, 11) is 0. The molecule has 1 fully saturated rings. The second kappa shape index (κ2) is 8.84. The maximum atomic E-state index is 12.2. The zero-order valence-corrected chi connectivity index (χ0v) is 15.6. The fourth-order valence-electron chi connectivity index (χ4n) is 2.92. The van der Waals surface area contributed by atoms with Gasteiger partial charge in [0.2, 0.25) is 11.8 Å². The number of nitrogens with zero attached hydrogens (tertiary/aromatic N) is 3. The molecule has 138 valence electrons. The standard InChI is InChI=1S/C18H23N5O2S/c1-2-23-16(13-8-4-3-5-9-13)21-22-18(23)26-12-15(24)20-14-10-6-7-11-19-17(14)25/h3-5,8-9,14H,2,6-7,10-12H2,1H3,(H,19,25)(H,20,24). The van der Waals surface area contributed by atoms with Crippen molar-refractivity contribution in [3.63, 3.8) is 0 Å². The second-order valence-electron chi connectivity index (χ2n) is 6.11. The van der Waals surface area contributed by atoms with E-state index in [4.69, 9.17) is 0 Å². The number of hydrogen-bond donors (Lipinski definition) is 2. The van der Waals surface area contributed by atoms with Gasteiger partial charge in [-0.2, -0.15) is 0 Å². The van der Waals surface area contributed by atoms with Crippen molar-refractivity contribution in [2.45, 2.75) is 43.9 Å². The van der Waals surface area contributed by atoms with Gasteiger partial charge in [-0.15, -0.1) is 10.2 Å². The summed E-state index contributed by atoms with van der Waals surface area (Å²) < 4.78 is 1.99. The zero-order valence-electron chi connectivity index (χ0n) is 14.8. The summed E-state index contributed by atoms with van der Waals surface area (Å²) in [5.41, 5.74) is 0.994. The molecule has 1 atom stereocenters. The van der Waals surface area contributed by atoms with Crippen molar-refractivity contribution in [1.29, 1.82) is 0 Å². The SMILES string of the molecule is CCn1c(SCC(=O)NC2CCCCNC2=O)nnc1-c1ccccc1. The van der Waals surface area contributed by atoms with Crippen molar-refractivity contribution >= 4 is 23.6 Å². The number of nitrogens with one attached hydrogen (secondary N) is 2. The third-order valence-electron chi connectivity index (χ3n) is 4.27. The quantitative estimate of drug-likeness (QED) is 0.754. The lowest BCUT2D eigenvalue weighted by Crippen LogP contribution is -2.46. The summed E-state index contributed by atoms with van der Waals surface area (Å²) in [5, 5.41) is 14.9. The largest absolute Gasteiger partial charge is 0.354 e. The molecule has 1 aliphatic rings. The smallest absolute Gasteiger partial charge is 0.242 e. The van der Waals surface area contributed by atoms with Gasteiger partial charge in [-0.1, -0.05) is 42.1 Å². The molecule has 0 bridgehead atoms. The van der Waals surface area contributed by atoms with Crippen LogP contribution in [0, 0.1) is 0 Å². The lowest BCUT2D eigenvalue weighted by molar-refractivity contribution is -0.127. The number of carbonyl (C=O) groups is 2. The van der Waals surface area contributed by atoms with E-state index < -0.39 is 6.04 Å². The van der Waals surface area contributed by atoms with Crippen LogP contribution in [0.25, 0.3) is 11.4 Å². The minimum atomic E-state index is -0.436. The fourth-order valence-corrected chi connectivity index (χ4v) is 3.74. The second-order valence-corrected chi connectivity index (χ2v) is 7.05. The summed E-state index contributed by atoms with van der Waals surface area (Å²) in [6.45, 7) is 3.42. The Labute approximate surface area is 157 Å². The summed E-state index contributed by atoms with van der Waals surface area (Å²) in [4.78, 5) is 24.2. The first-order valence-corrected chi connectivity index (χ1v) is 9.86. The van der Waals surface area contributed by atoms with Crippen LogP contribution < -0.4 is 10.6 Å². The highest BCUT2D eigenvalue weighted by Crippen LogP contribution is 2.23. The van der Waals surface area contributed by atoms with E-state index in [1.54, 1.807) is 0 Å². The van der Waals surface area contributed by atoms with Crippen molar-refractivity contribution in [3.8, 4) is 11.4 Å². The van der Waals surface area contributed by atoms with Gasteiger partial charge in [-0.05, 0) is 26.2 Å². The van der Waals surface area contributed by atoms with Gasteiger partial charge in [0, 0.05) is 18.7 Å². The predicted octanol–water partition coefficient (Wildman–Crippen LogP) is 1.84. The van der Waals surface area contributed by atoms with Gasteiger partial charge in [0.15, 0.2) is 11.0 Å². The van der Waals surface area contributed by atoms with E-state index in [1.165, 1.54) is 11.8 Å². The van der Waals surface area contributed by atoms with E-state index in [0.717, 1.165) is 24.2 Å². The molecule has 2 amide bonds. The molecule has 0 aliphatic carbocycles. The Morgan fingerprint density at radius 3 is 2.88 bits per heavy atom. The molecule has 1 aliphatic heterocycles. The van der Waals surface area contributed by atoms with Gasteiger partial charge in [0.25, 0.3) is 0 Å². The monoisotopic (exact) mass is 373 g/mol. The van der Waals surface area contributed by atoms with Crippen molar-refractivity contribution in [2.24, 2.45) is 0 Å². The van der Waals surface area contributed by atoms with Crippen LogP contribution in [-0.4, -0.2) is 44.9 Å². The van der Waals surface area contributed by atoms with E-state index in [-0.39, 0.29) is 17.6 Å². The average Bonchev–Trinajstić information content (AvgIpc) is 2.98. The minimum absolute atomic E-state index is 0.0936. The molecule has 0 radical (unpaired) electrons. The Morgan fingerprint density at radius 2 is 2.12 bits per heavy atom. The zero-order chi connectivity index (χ0) is 18.4. The van der Waals surface area contributed by atoms with E-state index in [0.29, 0.717) is 24.7 Å². The Kier molecular flexibility index (Phi) is 6.27. The van der Waals surface area contributed by atoms with Gasteiger partial charge in [0.1, 0.15) is 6.04 Å². The maximum Gasteiger partial charge on any atom is 0.242 e. The summed E-state index contributed by atoms with van der Waals surface area (Å²) in [6, 6.07) is 9.42. The van der Waals surface area contributed by atoms with Crippen molar-refractivity contribution in [1.82, 2.24) is 25.4 Å². The molecule has 2 aromatic rings. The molecule has 26 heavy (non-hydrogen) atoms. The van der Waals surface area contributed by atoms with Crippen LogP contribution in [0.15, 0.2) is 35.5 Å². The number of hydrogen-bond acceptors (Lipinski definition) is 5. The van der Waals surface area contributed by atoms with Crippen molar-refractivity contribution in [3.05, 3.63) is 30.3 Å². The van der Waals surface area contributed by atoms with E-state index >= 15 is 0 Å². The molecule has 2 heterocycles. The molecule has 3 rings (SSSR count). The van der Waals surface area contributed by atoms with Crippen LogP contribution in [0.4, 0.5) is 0 Å². The first-order valence-electron chi connectivity index (χ1n) is 8.87. The number of thioether (sulfide) groups is 1. The van der Waals surface area contributed by atoms with Gasteiger partial charge < -0.3 is 15.2 Å². The Balaban J connectivity index is 1.61. The summed E-state index contributed by atoms with van der Waals surface area (Å²) in [6.07, 6.45) is 2.57. The van der Waals surface area contributed by atoms with Gasteiger partial charge in [-0.3, -0.25) is 9.59 Å². The van der Waals surface area contributed by atoms with Gasteiger partial charge in [-0.25, -0.2) is 0 Å². The molecule has 2 N–H and O–H groups in total. The van der Waals surface area contributed by atoms with Gasteiger partial charge >= 0.3 is 0 Å². The first kappa shape index (κ1) is 18.4. The topological polar surface area (TPSA) is 88.9 Å². The Hall–Kier alpha value is -2.35. The summed E-state index contributed by atoms with van der Waals surface area (Å²) in [5.74, 6) is 0.739. The van der Waals surface area contributed by atoms with E-state index in [9.17, 15) is 9.59 Å². The van der Waals surface area contributed by atoms with Gasteiger partial charge in [0.05, 0.1) is 5.75 Å². The van der Waals surface area contributed by atoms with E-state index in [2.05, 4.69) is 20.8 Å². The van der Waals surface area contributed by atoms with Crippen LogP contribution in [0.5, 0.6) is 0 Å². The number of carbonyl (C=O) groups excluding carboxylic acids is 2. The maximum absolute atomic E-state index is 12.2. The number of amides is 2. The van der Waals surface area contributed by atoms with Crippen molar-refractivity contribution < 1.29 is 9.59 Å². The molecule has 1 aromatic carbocycles. The Bertz CT molecular complexity index is 762. The number of aromatic nitrogens is 3. The van der Waals surface area contributed by atoms with Crippen LogP contribution in [0.1, 0.15) is 26.2 Å². The third kappa shape index (κ3) is 4.43. The third-order valence-corrected chi connectivity index (χ3v) is 5.23. The predicted molar refractivity (Wildman–Crippen MR) is 101 cm³/mol. The van der Waals surface area contributed by atoms with Crippen LogP contribution >= 0.6 is 11.8 Å². The molecule has 0 spiro atoms. The van der Waals surface area contributed by atoms with Crippen LogP contribution in [0.2, 0.25) is 0 Å². The fraction of sp³-hybridized carbons (Fsp3) is 0.444. The molecule has 1 saturated heterocycles. The summed E-state index contributed by atoms with van der Waals surface area (Å²) >= 11 is 1.34. The normalized spacial score (nSPS) is 17.4. The molecule has 7 nitrogen and oxygen atoms in total. The van der Waals surface area contributed by atoms with E-state index in [1.807, 2.05) is 41.8 Å². The molecule has 8 heteroatoms. The average molecular weight is 373 g/mol. The Morgan fingerprint density at radius 1 is 1.31 bits per heavy atom. The van der Waals surface area contributed by atoms with Crippen LogP contribution in [0.3, 0.4) is 0 Å². The minimum Gasteiger partial charge on any atom is -0.354 e. The lowest BCUT2D eigenvalue weighted by Gasteiger charge is -2.15. The lowest BCUT2D eigenvalue weighted by atomic mass is 10.1. The molecule has 1 unspecified atom stereocenters. The van der Waals surface area contributed by atoms with Crippen LogP contribution in [-0.2, 0) is 16.1 Å². The molecular weight excluding hydrogens is 350 g/mol. The highest BCUT2D eigenvalue weighted by atomic mass is 32.2. The number of rotatable bonds is 6. The molecule has 0 saturated carbocycles.